The van der Waals surface area contributed by atoms with E-state index >= 15 is 0 Å². The van der Waals surface area contributed by atoms with Crippen molar-refractivity contribution in [1.29, 1.82) is 0 Å². The molecule has 2 heterocycles. The van der Waals surface area contributed by atoms with E-state index in [1.54, 1.807) is 25.4 Å². The van der Waals surface area contributed by atoms with Crippen LogP contribution in [0.3, 0.4) is 0 Å². The first-order chi connectivity index (χ1) is 8.65. The van der Waals surface area contributed by atoms with Gasteiger partial charge in [0.15, 0.2) is 0 Å². The van der Waals surface area contributed by atoms with Gasteiger partial charge in [0.1, 0.15) is 0 Å². The molecule has 1 aliphatic heterocycles. The minimum absolute atomic E-state index is 0.118. The number of aliphatic hydroxyl groups excluding tert-OH is 1. The fourth-order valence-corrected chi connectivity index (χ4v) is 2.13. The second-order valence-electron chi connectivity index (χ2n) is 4.65. The molecule has 0 spiro atoms. The Morgan fingerprint density at radius 3 is 2.94 bits per heavy atom. The Hall–Kier alpha value is -1.53. The Bertz CT molecular complexity index is 396. The van der Waals surface area contributed by atoms with Gasteiger partial charge in [0, 0.05) is 18.9 Å². The smallest absolute Gasteiger partial charge is 0.240 e. The molecule has 18 heavy (non-hydrogen) atoms. The van der Waals surface area contributed by atoms with E-state index in [4.69, 9.17) is 0 Å². The molecule has 0 radical (unpaired) electrons. The van der Waals surface area contributed by atoms with Crippen LogP contribution in [0.15, 0.2) is 18.5 Å². The van der Waals surface area contributed by atoms with Gasteiger partial charge >= 0.3 is 0 Å². The highest BCUT2D eigenvalue weighted by atomic mass is 16.3. The lowest BCUT2D eigenvalue weighted by atomic mass is 10.0. The number of anilines is 1. The number of carbonyl (C=O) groups is 1. The molecule has 1 saturated heterocycles. The van der Waals surface area contributed by atoms with Gasteiger partial charge in [0.2, 0.25) is 11.9 Å². The van der Waals surface area contributed by atoms with E-state index in [9.17, 15) is 9.90 Å². The largest absolute Gasteiger partial charge is 0.393 e. The number of amides is 1. The average Bonchev–Trinajstić information content (AvgIpc) is 2.78. The van der Waals surface area contributed by atoms with Gasteiger partial charge in [-0.05, 0) is 31.9 Å². The molecule has 2 N–H and O–H groups in total. The van der Waals surface area contributed by atoms with Crippen LogP contribution in [-0.4, -0.2) is 51.6 Å². The first-order valence-electron chi connectivity index (χ1n) is 6.12. The van der Waals surface area contributed by atoms with Gasteiger partial charge in [-0.15, -0.1) is 0 Å². The van der Waals surface area contributed by atoms with E-state index in [1.165, 1.54) is 0 Å². The molecule has 1 fully saturated rings. The summed E-state index contributed by atoms with van der Waals surface area (Å²) in [4.78, 5) is 21.7. The van der Waals surface area contributed by atoms with Crippen LogP contribution in [0.5, 0.6) is 0 Å². The van der Waals surface area contributed by atoms with Crippen LogP contribution in [0, 0.1) is 5.92 Å². The number of hydrogen-bond acceptors (Lipinski definition) is 5. The van der Waals surface area contributed by atoms with Crippen LogP contribution < -0.4 is 5.32 Å². The lowest BCUT2D eigenvalue weighted by Crippen LogP contribution is -2.33. The first-order valence-corrected chi connectivity index (χ1v) is 6.12. The van der Waals surface area contributed by atoms with Gasteiger partial charge < -0.3 is 5.11 Å². The van der Waals surface area contributed by atoms with Crippen LogP contribution in [0.2, 0.25) is 0 Å². The summed E-state index contributed by atoms with van der Waals surface area (Å²) in [6.45, 7) is 3.73. The van der Waals surface area contributed by atoms with Gasteiger partial charge in [-0.3, -0.25) is 15.0 Å². The van der Waals surface area contributed by atoms with Crippen molar-refractivity contribution in [1.82, 2.24) is 14.9 Å². The summed E-state index contributed by atoms with van der Waals surface area (Å²) in [6, 6.07) is 1.70. The fourth-order valence-electron chi connectivity index (χ4n) is 2.13. The molecule has 1 aromatic rings. The lowest BCUT2D eigenvalue weighted by molar-refractivity contribution is -0.117. The van der Waals surface area contributed by atoms with Gasteiger partial charge in [-0.1, -0.05) is 0 Å². The molecule has 1 amide bonds. The van der Waals surface area contributed by atoms with E-state index in [0.29, 0.717) is 12.5 Å². The molecule has 0 aliphatic carbocycles. The monoisotopic (exact) mass is 250 g/mol. The molecule has 2 unspecified atom stereocenters. The number of rotatable bonds is 4. The van der Waals surface area contributed by atoms with Crippen LogP contribution in [0.4, 0.5) is 5.95 Å². The first kappa shape index (κ1) is 12.9. The van der Waals surface area contributed by atoms with Gasteiger partial charge in [-0.25, -0.2) is 9.97 Å². The SMILES string of the molecule is CC(O)C1CCN(CC(=O)Nc2ncccn2)C1. The Morgan fingerprint density at radius 2 is 2.33 bits per heavy atom. The summed E-state index contributed by atoms with van der Waals surface area (Å²) in [5.41, 5.74) is 0. The highest BCUT2D eigenvalue weighted by Gasteiger charge is 2.27. The highest BCUT2D eigenvalue weighted by molar-refractivity contribution is 5.90. The van der Waals surface area contributed by atoms with E-state index in [2.05, 4.69) is 15.3 Å². The van der Waals surface area contributed by atoms with Gasteiger partial charge in [0.05, 0.1) is 12.6 Å². The van der Waals surface area contributed by atoms with Crippen LogP contribution in [-0.2, 0) is 4.79 Å². The average molecular weight is 250 g/mol. The molecule has 1 aromatic heterocycles. The zero-order valence-corrected chi connectivity index (χ0v) is 10.4. The normalized spacial score (nSPS) is 21.8. The number of likely N-dealkylation sites (tertiary alicyclic amines) is 1. The molecule has 0 aromatic carbocycles. The van der Waals surface area contributed by atoms with Gasteiger partial charge in [-0.2, -0.15) is 0 Å². The van der Waals surface area contributed by atoms with E-state index in [1.807, 2.05) is 4.90 Å². The summed E-state index contributed by atoms with van der Waals surface area (Å²) < 4.78 is 0. The Balaban J connectivity index is 1.79. The zero-order valence-electron chi connectivity index (χ0n) is 10.4. The number of nitrogens with one attached hydrogen (secondary N) is 1. The molecular formula is C12H18N4O2. The molecule has 98 valence electrons. The fraction of sp³-hybridized carbons (Fsp3) is 0.583. The zero-order chi connectivity index (χ0) is 13.0. The van der Waals surface area contributed by atoms with E-state index in [-0.39, 0.29) is 17.9 Å². The Morgan fingerprint density at radius 1 is 1.61 bits per heavy atom. The number of aliphatic hydroxyl groups is 1. The van der Waals surface area contributed by atoms with Crippen LogP contribution >= 0.6 is 0 Å². The topological polar surface area (TPSA) is 78.4 Å². The number of carbonyl (C=O) groups excluding carboxylic acids is 1. The third-order valence-corrected chi connectivity index (χ3v) is 3.18. The third kappa shape index (κ3) is 3.48. The Kier molecular flexibility index (Phi) is 4.22. The maximum Gasteiger partial charge on any atom is 0.240 e. The molecule has 2 atom stereocenters. The minimum Gasteiger partial charge on any atom is -0.393 e. The number of aromatic nitrogens is 2. The second kappa shape index (κ2) is 5.88. The summed E-state index contributed by atoms with van der Waals surface area (Å²) in [5.74, 6) is 0.479. The third-order valence-electron chi connectivity index (χ3n) is 3.18. The van der Waals surface area contributed by atoms with Crippen molar-refractivity contribution < 1.29 is 9.90 Å². The molecule has 2 rings (SSSR count). The van der Waals surface area contributed by atoms with E-state index in [0.717, 1.165) is 19.5 Å². The van der Waals surface area contributed by atoms with Crippen molar-refractivity contribution in [2.45, 2.75) is 19.4 Å². The molecule has 6 heteroatoms. The molecule has 1 aliphatic rings. The number of hydrogen-bond donors (Lipinski definition) is 2. The van der Waals surface area contributed by atoms with Gasteiger partial charge in [0.25, 0.3) is 0 Å². The predicted octanol–water partition coefficient (Wildman–Crippen LogP) is 0.118. The van der Waals surface area contributed by atoms with Crippen molar-refractivity contribution in [3.05, 3.63) is 18.5 Å². The lowest BCUT2D eigenvalue weighted by Gasteiger charge is -2.16. The molecule has 0 saturated carbocycles. The summed E-state index contributed by atoms with van der Waals surface area (Å²) in [6.07, 6.45) is 3.80. The molecular weight excluding hydrogens is 232 g/mol. The van der Waals surface area contributed by atoms with Crippen molar-refractivity contribution in [3.63, 3.8) is 0 Å². The standard InChI is InChI=1S/C12H18N4O2/c1-9(17)10-3-6-16(7-10)8-11(18)15-12-13-4-2-5-14-12/h2,4-5,9-10,17H,3,6-8H2,1H3,(H,13,14,15,18). The number of nitrogens with zero attached hydrogens (tertiary/aromatic N) is 3. The maximum absolute atomic E-state index is 11.7. The quantitative estimate of drug-likeness (QED) is 0.793. The van der Waals surface area contributed by atoms with Crippen LogP contribution in [0.25, 0.3) is 0 Å². The second-order valence-corrected chi connectivity index (χ2v) is 4.65. The van der Waals surface area contributed by atoms with Crippen molar-refractivity contribution in [2.24, 2.45) is 5.92 Å². The molecule has 0 bridgehead atoms. The predicted molar refractivity (Wildman–Crippen MR) is 66.9 cm³/mol. The summed E-state index contributed by atoms with van der Waals surface area (Å²) in [7, 11) is 0. The molecule has 6 nitrogen and oxygen atoms in total. The van der Waals surface area contributed by atoms with Crippen LogP contribution in [0.1, 0.15) is 13.3 Å². The van der Waals surface area contributed by atoms with Crippen molar-refractivity contribution >= 4 is 11.9 Å². The summed E-state index contributed by atoms with van der Waals surface area (Å²) >= 11 is 0. The van der Waals surface area contributed by atoms with E-state index < -0.39 is 0 Å². The Labute approximate surface area is 106 Å². The summed E-state index contributed by atoms with van der Waals surface area (Å²) in [5, 5.41) is 12.1. The highest BCUT2D eigenvalue weighted by Crippen LogP contribution is 2.19. The van der Waals surface area contributed by atoms with Crippen molar-refractivity contribution in [3.8, 4) is 0 Å². The van der Waals surface area contributed by atoms with Crippen molar-refractivity contribution in [2.75, 3.05) is 25.0 Å². The maximum atomic E-state index is 11.7. The minimum atomic E-state index is -0.310.